The van der Waals surface area contributed by atoms with Gasteiger partial charge in [-0.15, -0.1) is 0 Å². The van der Waals surface area contributed by atoms with E-state index in [0.717, 1.165) is 50.7 Å². The van der Waals surface area contributed by atoms with Gasteiger partial charge in [0.1, 0.15) is 19.0 Å². The first-order valence-electron chi connectivity index (χ1n) is 11.0. The fourth-order valence-electron chi connectivity index (χ4n) is 5.29. The minimum atomic E-state index is -0.265. The summed E-state index contributed by atoms with van der Waals surface area (Å²) in [5, 5.41) is 29.5. The van der Waals surface area contributed by atoms with Crippen molar-refractivity contribution >= 4 is 0 Å². The van der Waals surface area contributed by atoms with E-state index in [4.69, 9.17) is 9.99 Å². The van der Waals surface area contributed by atoms with E-state index in [9.17, 15) is 10.2 Å². The average molecular weight is 393 g/mol. The van der Waals surface area contributed by atoms with Gasteiger partial charge in [0, 0.05) is 0 Å². The molecule has 0 heterocycles. The van der Waals surface area contributed by atoms with E-state index < -0.39 is 0 Å². The van der Waals surface area contributed by atoms with Crippen molar-refractivity contribution in [3.63, 3.8) is 0 Å². The van der Waals surface area contributed by atoms with Gasteiger partial charge in [-0.1, -0.05) is 38.3 Å². The second-order valence-corrected chi connectivity index (χ2v) is 8.60. The standard InChI is InChI=1S/C23H36O5/c1-2-3-4-7-18(24)9-10-19-20-13-16-6-5-8-23(27-11-12-28-26)21(16)14-17(20)15-22(19)25/h5-6,8,17-20,22,24-26H,2-4,7,9-15H2,1H3/t17-,18-,19+,20-,22+/m0/s1. The van der Waals surface area contributed by atoms with Gasteiger partial charge in [0.05, 0.1) is 12.2 Å². The molecule has 0 aromatic heterocycles. The highest BCUT2D eigenvalue weighted by atomic mass is 17.1. The SMILES string of the molecule is CCCCC[C@H](O)CC[C@@H]1[C@H]2Cc3cccc(OCCOO)c3C[C@H]2C[C@H]1O. The molecule has 0 unspecified atom stereocenters. The van der Waals surface area contributed by atoms with Crippen LogP contribution in [0.1, 0.15) is 63.0 Å². The predicted molar refractivity (Wildman–Crippen MR) is 108 cm³/mol. The zero-order valence-corrected chi connectivity index (χ0v) is 17.1. The second-order valence-electron chi connectivity index (χ2n) is 8.60. The molecule has 2 aliphatic carbocycles. The Bertz CT molecular complexity index is 605. The van der Waals surface area contributed by atoms with Gasteiger partial charge in [0.25, 0.3) is 0 Å². The highest BCUT2D eigenvalue weighted by Crippen LogP contribution is 2.48. The molecule has 3 N–H and O–H groups in total. The maximum absolute atomic E-state index is 10.7. The minimum Gasteiger partial charge on any atom is -0.491 e. The molecule has 2 aliphatic rings. The maximum Gasteiger partial charge on any atom is 0.122 e. The van der Waals surface area contributed by atoms with Crippen LogP contribution in [0.5, 0.6) is 5.75 Å². The smallest absolute Gasteiger partial charge is 0.122 e. The number of aliphatic hydroxyl groups excluding tert-OH is 2. The number of benzene rings is 1. The molecule has 158 valence electrons. The summed E-state index contributed by atoms with van der Waals surface area (Å²) in [6.45, 7) is 2.65. The van der Waals surface area contributed by atoms with Gasteiger partial charge in [-0.25, -0.2) is 4.89 Å². The van der Waals surface area contributed by atoms with Crippen molar-refractivity contribution in [2.45, 2.75) is 76.9 Å². The Labute approximate surface area is 168 Å². The number of hydrogen-bond donors (Lipinski definition) is 3. The lowest BCUT2D eigenvalue weighted by molar-refractivity contribution is -0.245. The van der Waals surface area contributed by atoms with Gasteiger partial charge in [-0.05, 0) is 73.5 Å². The number of aliphatic hydroxyl groups is 2. The van der Waals surface area contributed by atoms with Crippen LogP contribution in [0.25, 0.3) is 0 Å². The lowest BCUT2D eigenvalue weighted by atomic mass is 9.73. The van der Waals surface area contributed by atoms with E-state index >= 15 is 0 Å². The molecular weight excluding hydrogens is 356 g/mol. The fraction of sp³-hybridized carbons (Fsp3) is 0.739. The van der Waals surface area contributed by atoms with Crippen LogP contribution in [0.2, 0.25) is 0 Å². The molecule has 0 bridgehead atoms. The highest BCUT2D eigenvalue weighted by molar-refractivity contribution is 5.43. The molecule has 0 spiro atoms. The van der Waals surface area contributed by atoms with Crippen molar-refractivity contribution in [2.24, 2.45) is 17.8 Å². The third kappa shape index (κ3) is 5.26. The van der Waals surface area contributed by atoms with Crippen LogP contribution in [-0.4, -0.2) is 40.9 Å². The normalized spacial score (nSPS) is 27.3. The molecular formula is C23H36O5. The van der Waals surface area contributed by atoms with E-state index in [-0.39, 0.29) is 24.7 Å². The van der Waals surface area contributed by atoms with E-state index in [1.165, 1.54) is 24.0 Å². The third-order valence-electron chi connectivity index (χ3n) is 6.75. The molecule has 5 atom stereocenters. The van der Waals surface area contributed by atoms with Gasteiger partial charge in [-0.3, -0.25) is 5.26 Å². The first-order chi connectivity index (χ1) is 13.6. The number of ether oxygens (including phenoxy) is 1. The fourth-order valence-corrected chi connectivity index (χ4v) is 5.29. The monoisotopic (exact) mass is 392 g/mol. The summed E-state index contributed by atoms with van der Waals surface area (Å²) in [6.07, 6.45) is 8.29. The summed E-state index contributed by atoms with van der Waals surface area (Å²) in [7, 11) is 0. The van der Waals surface area contributed by atoms with Gasteiger partial charge >= 0.3 is 0 Å². The van der Waals surface area contributed by atoms with Gasteiger partial charge in [0.15, 0.2) is 0 Å². The first-order valence-corrected chi connectivity index (χ1v) is 11.0. The summed E-state index contributed by atoms with van der Waals surface area (Å²) in [4.78, 5) is 4.10. The Morgan fingerprint density at radius 1 is 1.14 bits per heavy atom. The second kappa shape index (κ2) is 10.6. The molecule has 0 amide bonds. The predicted octanol–water partition coefficient (Wildman–Crippen LogP) is 3.99. The Hall–Kier alpha value is -1.14. The molecule has 1 saturated carbocycles. The van der Waals surface area contributed by atoms with Crippen LogP contribution in [0.15, 0.2) is 18.2 Å². The van der Waals surface area contributed by atoms with Gasteiger partial charge < -0.3 is 14.9 Å². The Balaban J connectivity index is 1.60. The van der Waals surface area contributed by atoms with Crippen molar-refractivity contribution in [3.8, 4) is 5.75 Å². The zero-order chi connectivity index (χ0) is 19.9. The van der Waals surface area contributed by atoms with Crippen molar-refractivity contribution in [1.82, 2.24) is 0 Å². The average Bonchev–Trinajstić information content (AvgIpc) is 2.99. The third-order valence-corrected chi connectivity index (χ3v) is 6.75. The van der Waals surface area contributed by atoms with Crippen molar-refractivity contribution < 1.29 is 25.1 Å². The maximum atomic E-state index is 10.7. The molecule has 1 fully saturated rings. The molecule has 3 rings (SSSR count). The Morgan fingerprint density at radius 3 is 2.79 bits per heavy atom. The number of unbranched alkanes of at least 4 members (excludes halogenated alkanes) is 2. The van der Waals surface area contributed by atoms with Crippen LogP contribution in [0.3, 0.4) is 0 Å². The largest absolute Gasteiger partial charge is 0.491 e. The topological polar surface area (TPSA) is 79.2 Å². The first kappa shape index (κ1) is 21.6. The summed E-state index contributed by atoms with van der Waals surface area (Å²) >= 11 is 0. The molecule has 0 aliphatic heterocycles. The van der Waals surface area contributed by atoms with E-state index in [1.807, 2.05) is 12.1 Å². The minimum absolute atomic E-state index is 0.150. The number of fused-ring (bicyclic) bond motifs is 2. The summed E-state index contributed by atoms with van der Waals surface area (Å²) in [6, 6.07) is 6.17. The molecule has 28 heavy (non-hydrogen) atoms. The number of rotatable bonds is 11. The van der Waals surface area contributed by atoms with E-state index in [1.54, 1.807) is 0 Å². The molecule has 0 radical (unpaired) electrons. The van der Waals surface area contributed by atoms with E-state index in [2.05, 4.69) is 17.9 Å². The highest BCUT2D eigenvalue weighted by Gasteiger charge is 2.44. The molecule has 1 aromatic rings. The van der Waals surface area contributed by atoms with Crippen LogP contribution in [0.4, 0.5) is 0 Å². The molecule has 5 nitrogen and oxygen atoms in total. The summed E-state index contributed by atoms with van der Waals surface area (Å²) < 4.78 is 5.79. The van der Waals surface area contributed by atoms with Gasteiger partial charge in [0.2, 0.25) is 0 Å². The van der Waals surface area contributed by atoms with Crippen LogP contribution < -0.4 is 4.74 Å². The molecule has 5 heteroatoms. The van der Waals surface area contributed by atoms with E-state index in [0.29, 0.717) is 18.4 Å². The van der Waals surface area contributed by atoms with Crippen molar-refractivity contribution in [2.75, 3.05) is 13.2 Å². The van der Waals surface area contributed by atoms with Crippen molar-refractivity contribution in [3.05, 3.63) is 29.3 Å². The van der Waals surface area contributed by atoms with Crippen molar-refractivity contribution in [1.29, 1.82) is 0 Å². The zero-order valence-electron chi connectivity index (χ0n) is 17.1. The lowest BCUT2D eigenvalue weighted by Gasteiger charge is -2.32. The lowest BCUT2D eigenvalue weighted by Crippen LogP contribution is -2.28. The number of hydrogen-bond acceptors (Lipinski definition) is 5. The van der Waals surface area contributed by atoms with Gasteiger partial charge in [-0.2, -0.15) is 0 Å². The quantitative estimate of drug-likeness (QED) is 0.301. The van der Waals surface area contributed by atoms with Crippen LogP contribution >= 0.6 is 0 Å². The van der Waals surface area contributed by atoms with Crippen LogP contribution in [-0.2, 0) is 17.7 Å². The van der Waals surface area contributed by atoms with Crippen LogP contribution in [0, 0.1) is 17.8 Å². The Morgan fingerprint density at radius 2 is 2.00 bits per heavy atom. The molecule has 0 saturated heterocycles. The Kier molecular flexibility index (Phi) is 8.15. The summed E-state index contributed by atoms with van der Waals surface area (Å²) in [5.74, 6) is 2.12. The molecule has 1 aromatic carbocycles. The summed E-state index contributed by atoms with van der Waals surface area (Å²) in [5.41, 5.74) is 2.56.